The molecule has 0 unspecified atom stereocenters. The SMILES string of the molecule is C=C(C)[C@@]1(O)[C@H](O)[C@@H]2[C@@H]3O[C@]3(COC(C)=O)[C@@H](O)[C@](O)(C(=O)/C(C)=C\C)C[C@@]2(OC(C)(C)c2ccccc2)[C@H](C)[C@H]1OC(C)=O. The molecular weight excluding hydrogens is 584 g/mol. The van der Waals surface area contributed by atoms with Crippen molar-refractivity contribution in [1.29, 1.82) is 0 Å². The predicted molar refractivity (Wildman–Crippen MR) is 162 cm³/mol. The molecule has 0 aromatic heterocycles. The summed E-state index contributed by atoms with van der Waals surface area (Å²) in [6, 6.07) is 9.12. The van der Waals surface area contributed by atoms with Crippen LogP contribution in [0.1, 0.15) is 67.4 Å². The van der Waals surface area contributed by atoms with Gasteiger partial charge in [-0.05, 0) is 51.3 Å². The van der Waals surface area contributed by atoms with Gasteiger partial charge in [-0.2, -0.15) is 0 Å². The normalized spacial score (nSPS) is 39.5. The molecule has 0 amide bonds. The second kappa shape index (κ2) is 11.7. The summed E-state index contributed by atoms with van der Waals surface area (Å²) >= 11 is 0. The minimum absolute atomic E-state index is 0.0798. The first kappa shape index (κ1) is 34.9. The van der Waals surface area contributed by atoms with Crippen LogP contribution in [-0.4, -0.2) is 91.6 Å². The van der Waals surface area contributed by atoms with Crippen LogP contribution in [0, 0.1) is 11.8 Å². The molecule has 0 bridgehead atoms. The Hall–Kier alpha value is -2.93. The number of carbonyl (C=O) groups excluding carboxylic acids is 3. The van der Waals surface area contributed by atoms with Crippen molar-refractivity contribution < 1.29 is 53.8 Å². The number of allylic oxidation sites excluding steroid dienone is 1. The Morgan fingerprint density at radius 1 is 1.07 bits per heavy atom. The molecule has 1 aromatic rings. The van der Waals surface area contributed by atoms with Gasteiger partial charge in [-0.25, -0.2) is 0 Å². The predicted octanol–water partition coefficient (Wildman–Crippen LogP) is 2.27. The van der Waals surface area contributed by atoms with Gasteiger partial charge in [-0.1, -0.05) is 49.9 Å². The summed E-state index contributed by atoms with van der Waals surface area (Å²) in [5.41, 5.74) is -8.79. The number of aliphatic hydroxyl groups is 4. The van der Waals surface area contributed by atoms with Gasteiger partial charge in [0.15, 0.2) is 17.0 Å². The van der Waals surface area contributed by atoms with E-state index in [1.165, 1.54) is 19.9 Å². The number of benzene rings is 1. The van der Waals surface area contributed by atoms with Gasteiger partial charge >= 0.3 is 11.9 Å². The first-order valence-corrected chi connectivity index (χ1v) is 15.1. The van der Waals surface area contributed by atoms with Crippen LogP contribution in [0.4, 0.5) is 0 Å². The summed E-state index contributed by atoms with van der Waals surface area (Å²) in [4.78, 5) is 38.5. The molecule has 11 nitrogen and oxygen atoms in total. The van der Waals surface area contributed by atoms with E-state index in [9.17, 15) is 34.8 Å². The lowest BCUT2D eigenvalue weighted by Gasteiger charge is -2.61. The van der Waals surface area contributed by atoms with Crippen LogP contribution in [-0.2, 0) is 38.9 Å². The minimum Gasteiger partial charge on any atom is -0.463 e. The fourth-order valence-electron chi connectivity index (χ4n) is 7.60. The average molecular weight is 631 g/mol. The summed E-state index contributed by atoms with van der Waals surface area (Å²) < 4.78 is 24.2. The maximum Gasteiger partial charge on any atom is 0.303 e. The largest absolute Gasteiger partial charge is 0.463 e. The van der Waals surface area contributed by atoms with Crippen LogP contribution in [0.25, 0.3) is 0 Å². The van der Waals surface area contributed by atoms with Crippen molar-refractivity contribution in [3.63, 3.8) is 0 Å². The van der Waals surface area contributed by atoms with Crippen LogP contribution in [0.15, 0.2) is 54.1 Å². The second-order valence-corrected chi connectivity index (χ2v) is 13.4. The maximum atomic E-state index is 14.1. The van der Waals surface area contributed by atoms with Gasteiger partial charge in [-0.3, -0.25) is 14.4 Å². The lowest BCUT2D eigenvalue weighted by atomic mass is 9.55. The molecule has 4 rings (SSSR count). The average Bonchev–Trinajstić information content (AvgIpc) is 3.70. The zero-order valence-corrected chi connectivity index (χ0v) is 27.2. The van der Waals surface area contributed by atoms with E-state index in [1.807, 2.05) is 30.3 Å². The van der Waals surface area contributed by atoms with Gasteiger partial charge in [-0.15, -0.1) is 0 Å². The highest BCUT2D eigenvalue weighted by molar-refractivity contribution is 6.02. The first-order chi connectivity index (χ1) is 20.8. The Kier molecular flexibility index (Phi) is 9.08. The van der Waals surface area contributed by atoms with E-state index in [4.69, 9.17) is 18.9 Å². The molecule has 1 saturated heterocycles. The lowest BCUT2D eigenvalue weighted by Crippen LogP contribution is -2.75. The van der Waals surface area contributed by atoms with E-state index >= 15 is 0 Å². The van der Waals surface area contributed by atoms with E-state index in [1.54, 1.807) is 27.7 Å². The number of epoxide rings is 1. The van der Waals surface area contributed by atoms with E-state index < -0.39 is 95.0 Å². The van der Waals surface area contributed by atoms with Crippen molar-refractivity contribution in [1.82, 2.24) is 0 Å². The highest BCUT2D eigenvalue weighted by Crippen LogP contribution is 2.64. The smallest absolute Gasteiger partial charge is 0.303 e. The molecule has 2 saturated carbocycles. The van der Waals surface area contributed by atoms with Crippen molar-refractivity contribution >= 4 is 17.7 Å². The molecule has 1 aromatic carbocycles. The molecule has 1 aliphatic heterocycles. The van der Waals surface area contributed by atoms with Gasteiger partial charge in [0.05, 0.1) is 17.3 Å². The third kappa shape index (κ3) is 5.37. The summed E-state index contributed by atoms with van der Waals surface area (Å²) in [6.45, 7) is 15.4. The Labute approximate surface area is 263 Å². The maximum absolute atomic E-state index is 14.1. The lowest BCUT2D eigenvalue weighted by molar-refractivity contribution is -0.310. The van der Waals surface area contributed by atoms with Crippen LogP contribution < -0.4 is 0 Å². The number of hydrogen-bond donors (Lipinski definition) is 4. The number of Topliss-reactive ketones (excluding diaryl/α,β-unsaturated/α-hetero) is 1. The van der Waals surface area contributed by atoms with Crippen LogP contribution >= 0.6 is 0 Å². The molecule has 10 atom stereocenters. The van der Waals surface area contributed by atoms with Crippen molar-refractivity contribution in [2.24, 2.45) is 11.8 Å². The summed E-state index contributed by atoms with van der Waals surface area (Å²) in [7, 11) is 0. The molecular formula is C34H46O11. The third-order valence-corrected chi connectivity index (χ3v) is 10.1. The molecule has 1 heterocycles. The quantitative estimate of drug-likeness (QED) is 0.137. The molecule has 248 valence electrons. The minimum atomic E-state index is -2.61. The standard InChI is InChI=1S/C34H46O11/c1-10-19(4)25(37)31(40)16-32(45-30(8,9)23-14-12-11-13-15-23)20(5)27(43-22(7)36)34(41,18(2)3)26(38)24(32)28-33(44-28,29(31)39)17-42-21(6)35/h10-15,20,24,26-29,38-41H,2,16-17H2,1,3-9H3/b19-10-/t20-,24-,26-,27-,28+,29+,31-,32-,33+,34-/m1/s1. The van der Waals surface area contributed by atoms with E-state index in [2.05, 4.69) is 6.58 Å². The molecule has 0 radical (unpaired) electrons. The highest BCUT2D eigenvalue weighted by atomic mass is 16.7. The fourth-order valence-corrected chi connectivity index (χ4v) is 7.60. The van der Waals surface area contributed by atoms with Gasteiger partial charge in [0.1, 0.15) is 30.5 Å². The van der Waals surface area contributed by atoms with Crippen molar-refractivity contribution in [3.05, 3.63) is 59.7 Å². The molecule has 4 N–H and O–H groups in total. The topological polar surface area (TPSA) is 172 Å². The Balaban J connectivity index is 2.08. The Morgan fingerprint density at radius 2 is 1.67 bits per heavy atom. The zero-order valence-electron chi connectivity index (χ0n) is 27.2. The van der Waals surface area contributed by atoms with Gasteiger partial charge < -0.3 is 39.4 Å². The summed E-state index contributed by atoms with van der Waals surface area (Å²) in [5, 5.41) is 48.9. The van der Waals surface area contributed by atoms with E-state index in [0.717, 1.165) is 13.8 Å². The van der Waals surface area contributed by atoms with Crippen LogP contribution in [0.5, 0.6) is 0 Å². The zero-order chi connectivity index (χ0) is 33.9. The third-order valence-electron chi connectivity index (χ3n) is 10.1. The van der Waals surface area contributed by atoms with Crippen LogP contribution in [0.3, 0.4) is 0 Å². The number of carbonyl (C=O) groups is 3. The van der Waals surface area contributed by atoms with Gasteiger partial charge in [0.2, 0.25) is 0 Å². The highest BCUT2D eigenvalue weighted by Gasteiger charge is 2.82. The van der Waals surface area contributed by atoms with Gasteiger partial charge in [0.25, 0.3) is 0 Å². The number of ketones is 1. The van der Waals surface area contributed by atoms with E-state index in [-0.39, 0.29) is 11.1 Å². The Morgan fingerprint density at radius 3 is 2.18 bits per heavy atom. The fraction of sp³-hybridized carbons (Fsp3) is 0.618. The number of aliphatic hydroxyl groups excluding tert-OH is 2. The molecule has 11 heteroatoms. The van der Waals surface area contributed by atoms with Crippen molar-refractivity contribution in [2.45, 2.75) is 114 Å². The first-order valence-electron chi connectivity index (χ1n) is 15.1. The number of hydrogen-bond acceptors (Lipinski definition) is 11. The number of rotatable bonds is 9. The number of ether oxygens (including phenoxy) is 4. The molecule has 3 aliphatic rings. The van der Waals surface area contributed by atoms with E-state index in [0.29, 0.717) is 5.56 Å². The number of esters is 2. The molecule has 45 heavy (non-hydrogen) atoms. The Bertz CT molecular complexity index is 1390. The van der Waals surface area contributed by atoms with Crippen LogP contribution in [0.2, 0.25) is 0 Å². The summed E-state index contributed by atoms with van der Waals surface area (Å²) in [5.74, 6) is -4.62. The summed E-state index contributed by atoms with van der Waals surface area (Å²) in [6.07, 6.45) is -5.57. The van der Waals surface area contributed by atoms with Crippen molar-refractivity contribution in [2.75, 3.05) is 6.61 Å². The second-order valence-electron chi connectivity index (χ2n) is 13.4. The monoisotopic (exact) mass is 630 g/mol. The van der Waals surface area contributed by atoms with Crippen molar-refractivity contribution in [3.8, 4) is 0 Å². The molecule has 2 aliphatic carbocycles. The number of fused-ring (bicyclic) bond motifs is 3. The molecule has 0 spiro atoms. The van der Waals surface area contributed by atoms with Gasteiger partial charge in [0, 0.05) is 32.1 Å². The molecule has 3 fully saturated rings.